The topological polar surface area (TPSA) is 46.9 Å². The number of aryl methyl sites for hydroxylation is 4. The second-order valence-electron chi connectivity index (χ2n) is 5.13. The van der Waals surface area contributed by atoms with Crippen LogP contribution in [0.5, 0.6) is 0 Å². The highest BCUT2D eigenvalue weighted by atomic mass is 16.1. The summed E-state index contributed by atoms with van der Waals surface area (Å²) < 4.78 is 1.80. The number of hydrogen-bond acceptors (Lipinski definition) is 2. The van der Waals surface area contributed by atoms with E-state index < -0.39 is 0 Å². The van der Waals surface area contributed by atoms with E-state index in [2.05, 4.69) is 36.4 Å². The van der Waals surface area contributed by atoms with E-state index in [1.807, 2.05) is 26.0 Å². The molecule has 4 heteroatoms. The summed E-state index contributed by atoms with van der Waals surface area (Å²) in [4.78, 5) is 12.1. The Hall–Kier alpha value is -2.10. The van der Waals surface area contributed by atoms with E-state index in [-0.39, 0.29) is 5.91 Å². The number of carbonyl (C=O) groups is 1. The SMILES string of the molecule is CCn1nc(C)cc1NC(=O)Cc1ccc(C)c(C)c1. The maximum atomic E-state index is 12.1. The van der Waals surface area contributed by atoms with Crippen molar-refractivity contribution in [2.75, 3.05) is 5.32 Å². The van der Waals surface area contributed by atoms with Crippen LogP contribution in [0.4, 0.5) is 5.82 Å². The molecule has 0 saturated carbocycles. The van der Waals surface area contributed by atoms with Crippen LogP contribution in [-0.2, 0) is 17.8 Å². The summed E-state index contributed by atoms with van der Waals surface area (Å²) in [6, 6.07) is 8.02. The summed E-state index contributed by atoms with van der Waals surface area (Å²) in [6.07, 6.45) is 0.384. The van der Waals surface area contributed by atoms with E-state index in [1.165, 1.54) is 11.1 Å². The second kappa shape index (κ2) is 5.90. The molecule has 0 radical (unpaired) electrons. The van der Waals surface area contributed by atoms with E-state index in [0.717, 1.165) is 23.6 Å². The van der Waals surface area contributed by atoms with Gasteiger partial charge in [-0.25, -0.2) is 4.68 Å². The van der Waals surface area contributed by atoms with Gasteiger partial charge < -0.3 is 5.32 Å². The molecule has 0 atom stereocenters. The smallest absolute Gasteiger partial charge is 0.229 e. The van der Waals surface area contributed by atoms with Gasteiger partial charge >= 0.3 is 0 Å². The van der Waals surface area contributed by atoms with Crippen LogP contribution in [0, 0.1) is 20.8 Å². The molecule has 0 bridgehead atoms. The zero-order valence-corrected chi connectivity index (χ0v) is 12.5. The molecule has 0 unspecified atom stereocenters. The van der Waals surface area contributed by atoms with Crippen LogP contribution in [0.15, 0.2) is 24.3 Å². The first-order chi connectivity index (χ1) is 9.49. The molecule has 0 fully saturated rings. The number of nitrogens with zero attached hydrogens (tertiary/aromatic N) is 2. The van der Waals surface area contributed by atoms with E-state index in [1.54, 1.807) is 4.68 Å². The molecule has 20 heavy (non-hydrogen) atoms. The predicted octanol–water partition coefficient (Wildman–Crippen LogP) is 3.01. The number of benzene rings is 1. The van der Waals surface area contributed by atoms with Crippen molar-refractivity contribution in [2.45, 2.75) is 40.7 Å². The molecule has 1 aromatic heterocycles. The number of anilines is 1. The molecule has 1 N–H and O–H groups in total. The van der Waals surface area contributed by atoms with Crippen LogP contribution < -0.4 is 5.32 Å². The molecule has 106 valence electrons. The van der Waals surface area contributed by atoms with Crippen molar-refractivity contribution in [3.05, 3.63) is 46.6 Å². The third-order valence-electron chi connectivity index (χ3n) is 3.41. The van der Waals surface area contributed by atoms with Crippen molar-refractivity contribution in [2.24, 2.45) is 0 Å². The Morgan fingerprint density at radius 1 is 1.20 bits per heavy atom. The second-order valence-corrected chi connectivity index (χ2v) is 5.13. The number of aromatic nitrogens is 2. The zero-order valence-electron chi connectivity index (χ0n) is 12.5. The average Bonchev–Trinajstić information content (AvgIpc) is 2.74. The number of nitrogens with one attached hydrogen (secondary N) is 1. The number of rotatable bonds is 4. The minimum atomic E-state index is -0.0112. The summed E-state index contributed by atoms with van der Waals surface area (Å²) in [5.74, 6) is 0.752. The molecule has 1 heterocycles. The Balaban J connectivity index is 2.06. The van der Waals surface area contributed by atoms with Crippen molar-refractivity contribution in [3.8, 4) is 0 Å². The van der Waals surface area contributed by atoms with E-state index in [9.17, 15) is 4.79 Å². The van der Waals surface area contributed by atoms with Crippen LogP contribution in [0.25, 0.3) is 0 Å². The van der Waals surface area contributed by atoms with Crippen molar-refractivity contribution in [1.82, 2.24) is 9.78 Å². The third-order valence-corrected chi connectivity index (χ3v) is 3.41. The maximum absolute atomic E-state index is 12.1. The largest absolute Gasteiger partial charge is 0.311 e. The van der Waals surface area contributed by atoms with Gasteiger partial charge in [0.25, 0.3) is 0 Å². The molecule has 4 nitrogen and oxygen atoms in total. The summed E-state index contributed by atoms with van der Waals surface area (Å²) >= 11 is 0. The lowest BCUT2D eigenvalue weighted by molar-refractivity contribution is -0.115. The Morgan fingerprint density at radius 3 is 2.60 bits per heavy atom. The molecule has 0 aliphatic rings. The normalized spacial score (nSPS) is 10.6. The third kappa shape index (κ3) is 3.26. The van der Waals surface area contributed by atoms with Gasteiger partial charge in [0.05, 0.1) is 12.1 Å². The van der Waals surface area contributed by atoms with Gasteiger partial charge in [0.15, 0.2) is 0 Å². The van der Waals surface area contributed by atoms with Gasteiger partial charge in [-0.2, -0.15) is 5.10 Å². The fourth-order valence-corrected chi connectivity index (χ4v) is 2.17. The van der Waals surface area contributed by atoms with E-state index >= 15 is 0 Å². The summed E-state index contributed by atoms with van der Waals surface area (Å²) in [5, 5.41) is 7.24. The monoisotopic (exact) mass is 271 g/mol. The highest BCUT2D eigenvalue weighted by molar-refractivity contribution is 5.91. The quantitative estimate of drug-likeness (QED) is 0.929. The maximum Gasteiger partial charge on any atom is 0.229 e. The molecule has 0 spiro atoms. The van der Waals surface area contributed by atoms with Gasteiger partial charge in [-0.1, -0.05) is 18.2 Å². The van der Waals surface area contributed by atoms with Crippen molar-refractivity contribution < 1.29 is 4.79 Å². The Bertz CT molecular complexity index is 629. The van der Waals surface area contributed by atoms with Crippen LogP contribution in [0.2, 0.25) is 0 Å². The van der Waals surface area contributed by atoms with Crippen molar-refractivity contribution in [3.63, 3.8) is 0 Å². The van der Waals surface area contributed by atoms with Gasteiger partial charge in [0.2, 0.25) is 5.91 Å². The molecular formula is C16H21N3O. The van der Waals surface area contributed by atoms with Gasteiger partial charge in [0, 0.05) is 12.6 Å². The van der Waals surface area contributed by atoms with Crippen LogP contribution in [0.1, 0.15) is 29.3 Å². The number of hydrogen-bond donors (Lipinski definition) is 1. The Labute approximate surface area is 119 Å². The first-order valence-corrected chi connectivity index (χ1v) is 6.90. The molecule has 2 rings (SSSR count). The van der Waals surface area contributed by atoms with Crippen molar-refractivity contribution >= 4 is 11.7 Å². The molecule has 0 aliphatic heterocycles. The summed E-state index contributed by atoms with van der Waals surface area (Å²) in [5.41, 5.74) is 4.40. The lowest BCUT2D eigenvalue weighted by Gasteiger charge is -2.08. The fraction of sp³-hybridized carbons (Fsp3) is 0.375. The van der Waals surface area contributed by atoms with Gasteiger partial charge in [-0.3, -0.25) is 4.79 Å². The van der Waals surface area contributed by atoms with Gasteiger partial charge in [-0.15, -0.1) is 0 Å². The average molecular weight is 271 g/mol. The fourth-order valence-electron chi connectivity index (χ4n) is 2.17. The standard InChI is InChI=1S/C16H21N3O/c1-5-19-15(9-13(4)18-19)17-16(20)10-14-7-6-11(2)12(3)8-14/h6-9H,5,10H2,1-4H3,(H,17,20). The van der Waals surface area contributed by atoms with Crippen LogP contribution in [-0.4, -0.2) is 15.7 Å². The lowest BCUT2D eigenvalue weighted by atomic mass is 10.0. The van der Waals surface area contributed by atoms with E-state index in [0.29, 0.717) is 6.42 Å². The molecule has 0 saturated heterocycles. The van der Waals surface area contributed by atoms with E-state index in [4.69, 9.17) is 0 Å². The molecule has 2 aromatic rings. The molecule has 0 aliphatic carbocycles. The van der Waals surface area contributed by atoms with Crippen molar-refractivity contribution in [1.29, 1.82) is 0 Å². The summed E-state index contributed by atoms with van der Waals surface area (Å²) in [6.45, 7) is 8.80. The summed E-state index contributed by atoms with van der Waals surface area (Å²) in [7, 11) is 0. The molecule has 1 amide bonds. The minimum absolute atomic E-state index is 0.0112. The van der Waals surface area contributed by atoms with Crippen LogP contribution >= 0.6 is 0 Å². The highest BCUT2D eigenvalue weighted by Gasteiger charge is 2.09. The predicted molar refractivity (Wildman–Crippen MR) is 80.9 cm³/mol. The number of amides is 1. The first-order valence-electron chi connectivity index (χ1n) is 6.90. The first kappa shape index (κ1) is 14.3. The number of carbonyl (C=O) groups excluding carboxylic acids is 1. The minimum Gasteiger partial charge on any atom is -0.311 e. The Kier molecular flexibility index (Phi) is 4.23. The van der Waals surface area contributed by atoms with Gasteiger partial charge in [0.1, 0.15) is 5.82 Å². The highest BCUT2D eigenvalue weighted by Crippen LogP contribution is 2.13. The van der Waals surface area contributed by atoms with Crippen LogP contribution in [0.3, 0.4) is 0 Å². The molecular weight excluding hydrogens is 250 g/mol. The Morgan fingerprint density at radius 2 is 1.95 bits per heavy atom. The zero-order chi connectivity index (χ0) is 14.7. The molecule has 1 aromatic carbocycles. The van der Waals surface area contributed by atoms with Gasteiger partial charge in [-0.05, 0) is 44.4 Å². The lowest BCUT2D eigenvalue weighted by Crippen LogP contribution is -2.17.